The van der Waals surface area contributed by atoms with Crippen LogP contribution >= 0.6 is 0 Å². The summed E-state index contributed by atoms with van der Waals surface area (Å²) in [5.41, 5.74) is 1.74. The summed E-state index contributed by atoms with van der Waals surface area (Å²) in [4.78, 5) is 10.2. The molecule has 1 atom stereocenters. The summed E-state index contributed by atoms with van der Waals surface area (Å²) in [6.07, 6.45) is 0.562. The minimum atomic E-state index is -2.99. The van der Waals surface area contributed by atoms with Crippen LogP contribution in [0.1, 0.15) is 25.8 Å². The molecule has 8 heteroatoms. The molecule has 0 aliphatic carbocycles. The van der Waals surface area contributed by atoms with Gasteiger partial charge in [-0.15, -0.1) is 0 Å². The van der Waals surface area contributed by atoms with Crippen molar-refractivity contribution in [1.29, 1.82) is 0 Å². The summed E-state index contributed by atoms with van der Waals surface area (Å²) in [6, 6.07) is 6.10. The minimum Gasteiger partial charge on any atom is -0.289 e. The van der Waals surface area contributed by atoms with Gasteiger partial charge in [-0.05, 0) is 25.8 Å². The van der Waals surface area contributed by atoms with Crippen molar-refractivity contribution in [1.82, 2.24) is 5.01 Å². The number of rotatable bonds is 5. The Balaban J connectivity index is 2.17. The molecule has 120 valence electrons. The summed E-state index contributed by atoms with van der Waals surface area (Å²) < 4.78 is 23.3. The lowest BCUT2D eigenvalue weighted by Crippen LogP contribution is -2.32. The van der Waals surface area contributed by atoms with Crippen molar-refractivity contribution < 1.29 is 13.3 Å². The van der Waals surface area contributed by atoms with Crippen LogP contribution in [0, 0.1) is 10.1 Å². The predicted molar refractivity (Wildman–Crippen MR) is 84.5 cm³/mol. The van der Waals surface area contributed by atoms with Crippen molar-refractivity contribution in [2.24, 2.45) is 5.10 Å². The molecule has 0 N–H and O–H groups in total. The fraction of sp³-hybridized carbons (Fsp3) is 0.500. The third-order valence-electron chi connectivity index (χ3n) is 3.45. The van der Waals surface area contributed by atoms with E-state index in [1.54, 1.807) is 17.1 Å². The zero-order valence-electron chi connectivity index (χ0n) is 12.6. The Kier molecular flexibility index (Phi) is 4.80. The Labute approximate surface area is 129 Å². The molecular formula is C14H19N3O4S. The highest BCUT2D eigenvalue weighted by atomic mass is 32.2. The van der Waals surface area contributed by atoms with Crippen LogP contribution in [-0.2, 0) is 16.4 Å². The zero-order chi connectivity index (χ0) is 16.3. The number of nitro benzene ring substituents is 1. The van der Waals surface area contributed by atoms with E-state index in [1.807, 2.05) is 13.8 Å². The molecule has 1 aliphatic rings. The van der Waals surface area contributed by atoms with Crippen LogP contribution in [0.15, 0.2) is 29.4 Å². The zero-order valence-corrected chi connectivity index (χ0v) is 13.4. The van der Waals surface area contributed by atoms with Crippen LogP contribution in [0.5, 0.6) is 0 Å². The van der Waals surface area contributed by atoms with Gasteiger partial charge in [0.1, 0.15) is 0 Å². The third kappa shape index (κ3) is 4.27. The van der Waals surface area contributed by atoms with Gasteiger partial charge < -0.3 is 0 Å². The number of hydrogen-bond donors (Lipinski definition) is 0. The molecule has 1 aromatic carbocycles. The van der Waals surface area contributed by atoms with E-state index in [0.717, 1.165) is 11.3 Å². The van der Waals surface area contributed by atoms with E-state index in [1.165, 1.54) is 12.1 Å². The molecule has 1 fully saturated rings. The van der Waals surface area contributed by atoms with Crippen molar-refractivity contribution in [3.8, 4) is 0 Å². The quantitative estimate of drug-likeness (QED) is 0.469. The summed E-state index contributed by atoms with van der Waals surface area (Å²) in [5, 5.41) is 16.9. The number of non-ortho nitro benzene ring substituents is 1. The van der Waals surface area contributed by atoms with Gasteiger partial charge in [0.15, 0.2) is 9.84 Å². The Morgan fingerprint density at radius 3 is 2.45 bits per heavy atom. The molecule has 1 heterocycles. The molecule has 7 nitrogen and oxygen atoms in total. The molecular weight excluding hydrogens is 306 g/mol. The number of benzene rings is 1. The maximum absolute atomic E-state index is 11.7. The largest absolute Gasteiger partial charge is 0.289 e. The van der Waals surface area contributed by atoms with Gasteiger partial charge in [0.25, 0.3) is 5.69 Å². The van der Waals surface area contributed by atoms with Gasteiger partial charge >= 0.3 is 0 Å². The summed E-state index contributed by atoms with van der Waals surface area (Å²) >= 11 is 0. The number of hydrogen-bond acceptors (Lipinski definition) is 6. The average Bonchev–Trinajstić information content (AvgIpc) is 2.78. The summed E-state index contributed by atoms with van der Waals surface area (Å²) in [5.74, 6) is 0.295. The van der Waals surface area contributed by atoms with Gasteiger partial charge in [0.2, 0.25) is 0 Å². The Morgan fingerprint density at radius 2 is 2.00 bits per heavy atom. The fourth-order valence-electron chi connectivity index (χ4n) is 2.42. The van der Waals surface area contributed by atoms with E-state index >= 15 is 0 Å². The summed E-state index contributed by atoms with van der Waals surface area (Å²) in [6.45, 7) is 4.14. The molecule has 1 aliphatic heterocycles. The van der Waals surface area contributed by atoms with Crippen molar-refractivity contribution >= 4 is 21.2 Å². The lowest BCUT2D eigenvalue weighted by atomic mass is 10.1. The minimum absolute atomic E-state index is 0.0360. The first-order valence-corrected chi connectivity index (χ1v) is 8.81. The van der Waals surface area contributed by atoms with Gasteiger partial charge in [-0.2, -0.15) is 5.10 Å². The molecule has 2 rings (SSSR count). The van der Waals surface area contributed by atoms with E-state index in [-0.39, 0.29) is 23.2 Å². The number of sulfone groups is 1. The number of hydrazone groups is 1. The monoisotopic (exact) mass is 325 g/mol. The van der Waals surface area contributed by atoms with Gasteiger partial charge in [0.05, 0.1) is 29.0 Å². The van der Waals surface area contributed by atoms with Gasteiger partial charge in [0, 0.05) is 17.8 Å². The molecule has 0 bridgehead atoms. The van der Waals surface area contributed by atoms with Crippen LogP contribution in [0.3, 0.4) is 0 Å². The highest BCUT2D eigenvalue weighted by molar-refractivity contribution is 7.91. The molecule has 22 heavy (non-hydrogen) atoms. The van der Waals surface area contributed by atoms with Gasteiger partial charge in [-0.1, -0.05) is 12.1 Å². The molecule has 1 saturated heterocycles. The SMILES string of the molecule is CC(C)=NN(Cc1ccc([N+](=O)[O-])cc1)[C@@H]1CCS(=O)(=O)C1. The van der Waals surface area contributed by atoms with E-state index in [2.05, 4.69) is 5.10 Å². The van der Waals surface area contributed by atoms with E-state index < -0.39 is 14.8 Å². The van der Waals surface area contributed by atoms with Gasteiger partial charge in [-0.25, -0.2) is 8.42 Å². The molecule has 0 amide bonds. The van der Waals surface area contributed by atoms with Crippen LogP contribution in [-0.4, -0.2) is 41.6 Å². The lowest BCUT2D eigenvalue weighted by Gasteiger charge is -2.25. The van der Waals surface area contributed by atoms with Crippen LogP contribution in [0.25, 0.3) is 0 Å². The smallest absolute Gasteiger partial charge is 0.269 e. The van der Waals surface area contributed by atoms with Crippen molar-refractivity contribution in [3.05, 3.63) is 39.9 Å². The van der Waals surface area contributed by atoms with E-state index in [4.69, 9.17) is 0 Å². The second-order valence-electron chi connectivity index (χ2n) is 5.63. The normalized spacial score (nSPS) is 19.6. The average molecular weight is 325 g/mol. The van der Waals surface area contributed by atoms with Gasteiger partial charge in [-0.3, -0.25) is 15.1 Å². The molecule has 0 radical (unpaired) electrons. The Morgan fingerprint density at radius 1 is 1.36 bits per heavy atom. The Bertz CT molecular complexity index is 679. The Hall–Kier alpha value is -1.96. The first-order valence-electron chi connectivity index (χ1n) is 6.99. The molecule has 0 saturated carbocycles. The van der Waals surface area contributed by atoms with Crippen LogP contribution < -0.4 is 0 Å². The topological polar surface area (TPSA) is 92.9 Å². The van der Waals surface area contributed by atoms with Crippen molar-refractivity contribution in [2.75, 3.05) is 11.5 Å². The van der Waals surface area contributed by atoms with Crippen LogP contribution in [0.4, 0.5) is 5.69 Å². The maximum atomic E-state index is 11.7. The summed E-state index contributed by atoms with van der Waals surface area (Å²) in [7, 11) is -2.99. The van der Waals surface area contributed by atoms with Crippen molar-refractivity contribution in [2.45, 2.75) is 32.9 Å². The molecule has 0 aromatic heterocycles. The molecule has 0 spiro atoms. The first kappa shape index (κ1) is 16.4. The standard InChI is InChI=1S/C14H19N3O4S/c1-11(2)15-16(14-7-8-22(20,21)10-14)9-12-3-5-13(6-4-12)17(18)19/h3-6,14H,7-10H2,1-2H3/t14-/m1/s1. The highest BCUT2D eigenvalue weighted by Gasteiger charge is 2.32. The number of nitro groups is 1. The molecule has 0 unspecified atom stereocenters. The maximum Gasteiger partial charge on any atom is 0.269 e. The number of nitrogens with zero attached hydrogens (tertiary/aromatic N) is 3. The second kappa shape index (κ2) is 6.43. The predicted octanol–water partition coefficient (Wildman–Crippen LogP) is 1.98. The second-order valence-corrected chi connectivity index (χ2v) is 7.85. The van der Waals surface area contributed by atoms with E-state index in [9.17, 15) is 18.5 Å². The highest BCUT2D eigenvalue weighted by Crippen LogP contribution is 2.21. The van der Waals surface area contributed by atoms with E-state index in [0.29, 0.717) is 13.0 Å². The first-order chi connectivity index (χ1) is 10.3. The van der Waals surface area contributed by atoms with Crippen molar-refractivity contribution in [3.63, 3.8) is 0 Å². The fourth-order valence-corrected chi connectivity index (χ4v) is 4.15. The third-order valence-corrected chi connectivity index (χ3v) is 5.20. The lowest BCUT2D eigenvalue weighted by molar-refractivity contribution is -0.384. The van der Waals surface area contributed by atoms with Crippen LogP contribution in [0.2, 0.25) is 0 Å². The molecule has 1 aromatic rings.